The molecule has 0 amide bonds. The Balaban J connectivity index is 2.73. The first-order valence-corrected chi connectivity index (χ1v) is 4.52. The van der Waals surface area contributed by atoms with Crippen molar-refractivity contribution in [3.63, 3.8) is 0 Å². The molecule has 4 heteroatoms. The second kappa shape index (κ2) is 3.21. The maximum absolute atomic E-state index is 10.8. The molecule has 0 spiro atoms. The summed E-state index contributed by atoms with van der Waals surface area (Å²) in [6.45, 7) is 4.16. The largest absolute Gasteiger partial charge is 0.298 e. The van der Waals surface area contributed by atoms with E-state index in [2.05, 4.69) is 29.3 Å². The quantitative estimate of drug-likeness (QED) is 0.734. The molecule has 0 aliphatic rings. The Morgan fingerprint density at radius 3 is 2.79 bits per heavy atom. The van der Waals surface area contributed by atoms with Gasteiger partial charge in [-0.1, -0.05) is 13.8 Å². The number of aldehydes is 1. The summed E-state index contributed by atoms with van der Waals surface area (Å²) in [5, 5.41) is 10.4. The van der Waals surface area contributed by atoms with Gasteiger partial charge in [0.25, 0.3) is 0 Å². The predicted molar refractivity (Wildman–Crippen MR) is 53.4 cm³/mol. The highest BCUT2D eigenvalue weighted by molar-refractivity contribution is 5.94. The van der Waals surface area contributed by atoms with Crippen LogP contribution in [0.2, 0.25) is 0 Å². The van der Waals surface area contributed by atoms with Crippen LogP contribution >= 0.6 is 0 Å². The van der Waals surface area contributed by atoms with E-state index in [1.165, 1.54) is 0 Å². The first kappa shape index (κ1) is 8.87. The van der Waals surface area contributed by atoms with Crippen molar-refractivity contribution in [2.75, 3.05) is 0 Å². The summed E-state index contributed by atoms with van der Waals surface area (Å²) >= 11 is 0. The molecule has 0 bridgehead atoms. The molecule has 14 heavy (non-hydrogen) atoms. The standard InChI is InChI=1S/C10H11N3O/c1-6(2)7-3-8(5-14)10-9(4-7)11-13-12-10/h3-6H,1-2H3,(H,11,12,13). The van der Waals surface area contributed by atoms with Crippen LogP contribution in [0, 0.1) is 0 Å². The Bertz CT molecular complexity index is 473. The molecule has 0 radical (unpaired) electrons. The minimum Gasteiger partial charge on any atom is -0.298 e. The van der Waals surface area contributed by atoms with Gasteiger partial charge in [-0.3, -0.25) is 4.79 Å². The van der Waals surface area contributed by atoms with Crippen LogP contribution in [0.25, 0.3) is 11.0 Å². The van der Waals surface area contributed by atoms with Gasteiger partial charge in [0.2, 0.25) is 0 Å². The third-order valence-corrected chi connectivity index (χ3v) is 2.27. The number of nitrogens with zero attached hydrogens (tertiary/aromatic N) is 2. The highest BCUT2D eigenvalue weighted by atomic mass is 16.1. The van der Waals surface area contributed by atoms with E-state index in [0.717, 1.165) is 17.4 Å². The van der Waals surface area contributed by atoms with Crippen molar-refractivity contribution in [2.24, 2.45) is 0 Å². The zero-order valence-electron chi connectivity index (χ0n) is 8.11. The number of rotatable bonds is 2. The number of hydrogen-bond donors (Lipinski definition) is 1. The summed E-state index contributed by atoms with van der Waals surface area (Å²) in [6.07, 6.45) is 0.816. The van der Waals surface area contributed by atoms with Crippen molar-refractivity contribution in [3.05, 3.63) is 23.3 Å². The van der Waals surface area contributed by atoms with Crippen molar-refractivity contribution in [1.82, 2.24) is 15.4 Å². The molecule has 0 aliphatic carbocycles. The van der Waals surface area contributed by atoms with E-state index in [1.807, 2.05) is 12.1 Å². The number of aromatic nitrogens is 3. The lowest BCUT2D eigenvalue weighted by Crippen LogP contribution is -1.91. The van der Waals surface area contributed by atoms with Crippen molar-refractivity contribution in [1.29, 1.82) is 0 Å². The van der Waals surface area contributed by atoms with E-state index >= 15 is 0 Å². The summed E-state index contributed by atoms with van der Waals surface area (Å²) in [4.78, 5) is 10.8. The Kier molecular flexibility index (Phi) is 2.04. The molecule has 2 aromatic rings. The van der Waals surface area contributed by atoms with Crippen LogP contribution in [0.15, 0.2) is 12.1 Å². The Morgan fingerprint density at radius 2 is 2.14 bits per heavy atom. The zero-order chi connectivity index (χ0) is 10.1. The fourth-order valence-electron chi connectivity index (χ4n) is 1.42. The third-order valence-electron chi connectivity index (χ3n) is 2.27. The molecule has 1 N–H and O–H groups in total. The van der Waals surface area contributed by atoms with Crippen LogP contribution in [0.1, 0.15) is 35.7 Å². The summed E-state index contributed by atoms with van der Waals surface area (Å²) < 4.78 is 0. The Morgan fingerprint density at radius 1 is 1.36 bits per heavy atom. The topological polar surface area (TPSA) is 58.6 Å². The van der Waals surface area contributed by atoms with E-state index in [9.17, 15) is 4.79 Å². The molecule has 0 unspecified atom stereocenters. The lowest BCUT2D eigenvalue weighted by atomic mass is 10.00. The highest BCUT2D eigenvalue weighted by Crippen LogP contribution is 2.21. The summed E-state index contributed by atoms with van der Waals surface area (Å²) in [5.41, 5.74) is 3.09. The molecular formula is C10H11N3O. The molecule has 1 heterocycles. The molecular weight excluding hydrogens is 178 g/mol. The maximum atomic E-state index is 10.8. The van der Waals surface area contributed by atoms with E-state index in [1.54, 1.807) is 0 Å². The van der Waals surface area contributed by atoms with Gasteiger partial charge in [0.15, 0.2) is 6.29 Å². The minimum atomic E-state index is 0.384. The summed E-state index contributed by atoms with van der Waals surface area (Å²) in [5.74, 6) is 0.384. The van der Waals surface area contributed by atoms with Crippen molar-refractivity contribution < 1.29 is 4.79 Å². The van der Waals surface area contributed by atoms with E-state index in [0.29, 0.717) is 17.0 Å². The number of carbonyl (C=O) groups excluding carboxylic acids is 1. The lowest BCUT2D eigenvalue weighted by molar-refractivity contribution is 0.112. The Hall–Kier alpha value is -1.71. The second-order valence-electron chi connectivity index (χ2n) is 3.57. The molecule has 0 saturated heterocycles. The molecule has 0 fully saturated rings. The van der Waals surface area contributed by atoms with Crippen LogP contribution in [0.5, 0.6) is 0 Å². The van der Waals surface area contributed by atoms with Crippen molar-refractivity contribution in [3.8, 4) is 0 Å². The van der Waals surface area contributed by atoms with Crippen LogP contribution in [0.3, 0.4) is 0 Å². The van der Waals surface area contributed by atoms with Gasteiger partial charge >= 0.3 is 0 Å². The van der Waals surface area contributed by atoms with E-state index in [-0.39, 0.29) is 0 Å². The number of carbonyl (C=O) groups is 1. The fourth-order valence-corrected chi connectivity index (χ4v) is 1.42. The van der Waals surface area contributed by atoms with E-state index < -0.39 is 0 Å². The van der Waals surface area contributed by atoms with Gasteiger partial charge in [-0.2, -0.15) is 15.4 Å². The molecule has 1 aromatic heterocycles. The third kappa shape index (κ3) is 1.28. The van der Waals surface area contributed by atoms with Gasteiger partial charge in [0.1, 0.15) is 11.0 Å². The lowest BCUT2D eigenvalue weighted by Gasteiger charge is -2.05. The number of fused-ring (bicyclic) bond motifs is 1. The first-order chi connectivity index (χ1) is 6.72. The fraction of sp³-hybridized carbons (Fsp3) is 0.300. The van der Waals surface area contributed by atoms with Crippen LogP contribution in [-0.4, -0.2) is 21.7 Å². The number of benzene rings is 1. The van der Waals surface area contributed by atoms with Crippen LogP contribution in [0.4, 0.5) is 0 Å². The molecule has 0 aliphatic heterocycles. The average molecular weight is 189 g/mol. The summed E-state index contributed by atoms with van der Waals surface area (Å²) in [7, 11) is 0. The maximum Gasteiger partial charge on any atom is 0.152 e. The van der Waals surface area contributed by atoms with Crippen LogP contribution < -0.4 is 0 Å². The molecule has 4 nitrogen and oxygen atoms in total. The molecule has 2 rings (SSSR count). The van der Waals surface area contributed by atoms with Crippen molar-refractivity contribution >= 4 is 17.3 Å². The smallest absolute Gasteiger partial charge is 0.152 e. The normalized spacial score (nSPS) is 11.1. The highest BCUT2D eigenvalue weighted by Gasteiger charge is 2.08. The number of H-pyrrole nitrogens is 1. The second-order valence-corrected chi connectivity index (χ2v) is 3.57. The van der Waals surface area contributed by atoms with Gasteiger partial charge in [0.05, 0.1) is 0 Å². The van der Waals surface area contributed by atoms with Gasteiger partial charge in [-0.05, 0) is 23.6 Å². The first-order valence-electron chi connectivity index (χ1n) is 4.52. The molecule has 0 atom stereocenters. The number of hydrogen-bond acceptors (Lipinski definition) is 3. The Labute approximate surface area is 81.3 Å². The molecule has 1 aromatic carbocycles. The van der Waals surface area contributed by atoms with Crippen molar-refractivity contribution in [2.45, 2.75) is 19.8 Å². The monoisotopic (exact) mass is 189 g/mol. The minimum absolute atomic E-state index is 0.384. The molecule has 72 valence electrons. The predicted octanol–water partition coefficient (Wildman–Crippen LogP) is 1.89. The van der Waals surface area contributed by atoms with Crippen LogP contribution in [-0.2, 0) is 0 Å². The molecule has 0 saturated carbocycles. The zero-order valence-corrected chi connectivity index (χ0v) is 8.11. The number of nitrogens with one attached hydrogen (secondary N) is 1. The average Bonchev–Trinajstić information content (AvgIpc) is 2.63. The summed E-state index contributed by atoms with van der Waals surface area (Å²) in [6, 6.07) is 3.82. The van der Waals surface area contributed by atoms with Gasteiger partial charge in [-0.15, -0.1) is 0 Å². The van der Waals surface area contributed by atoms with Gasteiger partial charge < -0.3 is 0 Å². The SMILES string of the molecule is CC(C)c1cc(C=O)c2n[nH]nc2c1. The van der Waals surface area contributed by atoms with Gasteiger partial charge in [0, 0.05) is 5.56 Å². The number of aromatic amines is 1. The van der Waals surface area contributed by atoms with E-state index in [4.69, 9.17) is 0 Å². The van der Waals surface area contributed by atoms with Gasteiger partial charge in [-0.25, -0.2) is 0 Å².